The molecule has 0 atom stereocenters. The van der Waals surface area contributed by atoms with Gasteiger partial charge in [-0.2, -0.15) is 0 Å². The van der Waals surface area contributed by atoms with Crippen LogP contribution in [0, 0.1) is 0 Å². The number of carbonyl (C=O) groups is 2. The summed E-state index contributed by atoms with van der Waals surface area (Å²) in [4.78, 5) is 25.0. The zero-order valence-corrected chi connectivity index (χ0v) is 15.5. The molecule has 0 unspecified atom stereocenters. The molecule has 138 valence electrons. The maximum atomic E-state index is 12.0. The van der Waals surface area contributed by atoms with E-state index in [-0.39, 0.29) is 25.0 Å². The number of anilines is 1. The number of hydrogen-bond acceptors (Lipinski definition) is 4. The number of ether oxygens (including phenoxy) is 1. The summed E-state index contributed by atoms with van der Waals surface area (Å²) >= 11 is 5.83. The number of halogens is 1. The Balaban J connectivity index is 1.77. The largest absolute Gasteiger partial charge is 0.484 e. The fourth-order valence-corrected chi connectivity index (χ4v) is 2.14. The standard InChI is InChI=1S/C19H22ClN3O3/c1-23(2)19(25)13-26-17-5-3-4-16(10-17)21-12-18(24)22-11-14-6-8-15(20)9-7-14/h3-10,21H,11-13H2,1-2H3,(H,22,24). The van der Waals surface area contributed by atoms with Gasteiger partial charge in [0.05, 0.1) is 6.54 Å². The van der Waals surface area contributed by atoms with Crippen molar-refractivity contribution in [2.45, 2.75) is 6.54 Å². The fourth-order valence-electron chi connectivity index (χ4n) is 2.02. The number of amides is 2. The first kappa shape index (κ1) is 19.6. The average molecular weight is 376 g/mol. The van der Waals surface area contributed by atoms with Crippen LogP contribution in [0.5, 0.6) is 5.75 Å². The van der Waals surface area contributed by atoms with Crippen LogP contribution in [0.1, 0.15) is 5.56 Å². The quantitative estimate of drug-likeness (QED) is 0.743. The minimum Gasteiger partial charge on any atom is -0.484 e. The van der Waals surface area contributed by atoms with E-state index < -0.39 is 0 Å². The normalized spacial score (nSPS) is 10.1. The van der Waals surface area contributed by atoms with Gasteiger partial charge in [-0.1, -0.05) is 29.8 Å². The first-order valence-electron chi connectivity index (χ1n) is 8.12. The molecule has 26 heavy (non-hydrogen) atoms. The smallest absolute Gasteiger partial charge is 0.259 e. The molecule has 2 N–H and O–H groups in total. The Hall–Kier alpha value is -2.73. The first-order chi connectivity index (χ1) is 12.4. The molecule has 0 aliphatic rings. The summed E-state index contributed by atoms with van der Waals surface area (Å²) in [6.45, 7) is 0.541. The molecule has 7 heteroatoms. The lowest BCUT2D eigenvalue weighted by Crippen LogP contribution is -2.29. The molecule has 2 amide bonds. The monoisotopic (exact) mass is 375 g/mol. The fraction of sp³-hybridized carbons (Fsp3) is 0.263. The summed E-state index contributed by atoms with van der Waals surface area (Å²) in [5.74, 6) is 0.311. The van der Waals surface area contributed by atoms with Gasteiger partial charge >= 0.3 is 0 Å². The number of hydrogen-bond donors (Lipinski definition) is 2. The van der Waals surface area contributed by atoms with E-state index in [1.165, 1.54) is 4.90 Å². The second-order valence-electron chi connectivity index (χ2n) is 5.86. The van der Waals surface area contributed by atoms with Crippen LogP contribution in [-0.4, -0.2) is 44.0 Å². The Bertz CT molecular complexity index is 748. The predicted molar refractivity (Wildman–Crippen MR) is 102 cm³/mol. The molecule has 0 saturated heterocycles. The Kier molecular flexibility index (Phi) is 7.29. The van der Waals surface area contributed by atoms with Crippen molar-refractivity contribution in [3.63, 3.8) is 0 Å². The molecule has 0 saturated carbocycles. The summed E-state index contributed by atoms with van der Waals surface area (Å²) in [6, 6.07) is 14.4. The molecular formula is C19H22ClN3O3. The number of nitrogens with zero attached hydrogens (tertiary/aromatic N) is 1. The van der Waals surface area contributed by atoms with E-state index in [9.17, 15) is 9.59 Å². The number of benzene rings is 2. The van der Waals surface area contributed by atoms with Gasteiger partial charge < -0.3 is 20.3 Å². The van der Waals surface area contributed by atoms with Gasteiger partial charge in [0.2, 0.25) is 5.91 Å². The maximum Gasteiger partial charge on any atom is 0.259 e. The van der Waals surface area contributed by atoms with Gasteiger partial charge in [-0.15, -0.1) is 0 Å². The molecule has 0 fully saturated rings. The molecular weight excluding hydrogens is 354 g/mol. The number of carbonyl (C=O) groups excluding carboxylic acids is 2. The Morgan fingerprint density at radius 3 is 2.54 bits per heavy atom. The van der Waals surface area contributed by atoms with Crippen LogP contribution in [0.4, 0.5) is 5.69 Å². The third-order valence-corrected chi connectivity index (χ3v) is 3.80. The Morgan fingerprint density at radius 2 is 1.85 bits per heavy atom. The number of nitrogens with one attached hydrogen (secondary N) is 2. The topological polar surface area (TPSA) is 70.7 Å². The predicted octanol–water partition coefficient (Wildman–Crippen LogP) is 2.54. The highest BCUT2D eigenvalue weighted by Crippen LogP contribution is 2.17. The summed E-state index contributed by atoms with van der Waals surface area (Å²) < 4.78 is 5.45. The van der Waals surface area contributed by atoms with Crippen LogP contribution in [0.15, 0.2) is 48.5 Å². The van der Waals surface area contributed by atoms with Crippen molar-refractivity contribution in [3.8, 4) is 5.75 Å². The van der Waals surface area contributed by atoms with Crippen molar-refractivity contribution in [2.75, 3.05) is 32.6 Å². The van der Waals surface area contributed by atoms with E-state index in [1.54, 1.807) is 44.4 Å². The number of rotatable bonds is 8. The lowest BCUT2D eigenvalue weighted by atomic mass is 10.2. The summed E-state index contributed by atoms with van der Waals surface area (Å²) in [7, 11) is 3.35. The third-order valence-electron chi connectivity index (χ3n) is 3.55. The SMILES string of the molecule is CN(C)C(=O)COc1cccc(NCC(=O)NCc2ccc(Cl)cc2)c1. The van der Waals surface area contributed by atoms with Crippen LogP contribution in [0.2, 0.25) is 5.02 Å². The minimum atomic E-state index is -0.131. The highest BCUT2D eigenvalue weighted by atomic mass is 35.5. The van der Waals surface area contributed by atoms with Gasteiger partial charge in [-0.3, -0.25) is 9.59 Å². The summed E-state index contributed by atoms with van der Waals surface area (Å²) in [5.41, 5.74) is 1.71. The highest BCUT2D eigenvalue weighted by molar-refractivity contribution is 6.30. The molecule has 0 spiro atoms. The van der Waals surface area contributed by atoms with Crippen molar-refractivity contribution in [1.29, 1.82) is 0 Å². The van der Waals surface area contributed by atoms with Crippen molar-refractivity contribution >= 4 is 29.1 Å². The first-order valence-corrected chi connectivity index (χ1v) is 8.50. The molecule has 0 radical (unpaired) electrons. The second kappa shape index (κ2) is 9.68. The van der Waals surface area contributed by atoms with Gasteiger partial charge in [0.15, 0.2) is 6.61 Å². The van der Waals surface area contributed by atoms with Crippen LogP contribution in [-0.2, 0) is 16.1 Å². The van der Waals surface area contributed by atoms with Gasteiger partial charge in [-0.05, 0) is 29.8 Å². The number of likely N-dealkylation sites (N-methyl/N-ethyl adjacent to an activating group) is 1. The Labute approximate surface area is 158 Å². The highest BCUT2D eigenvalue weighted by Gasteiger charge is 2.06. The van der Waals surface area contributed by atoms with Crippen molar-refractivity contribution in [1.82, 2.24) is 10.2 Å². The lowest BCUT2D eigenvalue weighted by molar-refractivity contribution is -0.130. The second-order valence-corrected chi connectivity index (χ2v) is 6.30. The molecule has 0 aromatic heterocycles. The van der Waals surface area contributed by atoms with E-state index in [0.717, 1.165) is 11.3 Å². The van der Waals surface area contributed by atoms with Crippen LogP contribution in [0.3, 0.4) is 0 Å². The van der Waals surface area contributed by atoms with Crippen LogP contribution < -0.4 is 15.4 Å². The van der Waals surface area contributed by atoms with Crippen LogP contribution >= 0.6 is 11.6 Å². The van der Waals surface area contributed by atoms with Crippen LogP contribution in [0.25, 0.3) is 0 Å². The van der Waals surface area contributed by atoms with E-state index in [2.05, 4.69) is 10.6 Å². The molecule has 0 bridgehead atoms. The van der Waals surface area contributed by atoms with Gasteiger partial charge in [0, 0.05) is 37.4 Å². The maximum absolute atomic E-state index is 12.0. The van der Waals surface area contributed by atoms with Crippen molar-refractivity contribution in [2.24, 2.45) is 0 Å². The molecule has 0 aliphatic carbocycles. The lowest BCUT2D eigenvalue weighted by Gasteiger charge is -2.12. The molecule has 6 nitrogen and oxygen atoms in total. The van der Waals surface area contributed by atoms with Crippen molar-refractivity contribution in [3.05, 3.63) is 59.1 Å². The van der Waals surface area contributed by atoms with E-state index >= 15 is 0 Å². The summed E-state index contributed by atoms with van der Waals surface area (Å²) in [5, 5.41) is 6.53. The Morgan fingerprint density at radius 1 is 1.12 bits per heavy atom. The molecule has 2 aromatic carbocycles. The van der Waals surface area contributed by atoms with Gasteiger partial charge in [-0.25, -0.2) is 0 Å². The molecule has 2 aromatic rings. The zero-order chi connectivity index (χ0) is 18.9. The average Bonchev–Trinajstić information content (AvgIpc) is 2.64. The third kappa shape index (κ3) is 6.64. The zero-order valence-electron chi connectivity index (χ0n) is 14.8. The molecule has 2 rings (SSSR count). The summed E-state index contributed by atoms with van der Waals surface area (Å²) in [6.07, 6.45) is 0. The molecule has 0 aliphatic heterocycles. The van der Waals surface area contributed by atoms with E-state index in [0.29, 0.717) is 17.3 Å². The van der Waals surface area contributed by atoms with E-state index in [4.69, 9.17) is 16.3 Å². The van der Waals surface area contributed by atoms with E-state index in [1.807, 2.05) is 18.2 Å². The molecule has 0 heterocycles. The van der Waals surface area contributed by atoms with Gasteiger partial charge in [0.25, 0.3) is 5.91 Å². The van der Waals surface area contributed by atoms with Gasteiger partial charge in [0.1, 0.15) is 5.75 Å². The minimum absolute atomic E-state index is 0.0297. The van der Waals surface area contributed by atoms with Crippen molar-refractivity contribution < 1.29 is 14.3 Å².